The lowest BCUT2D eigenvalue weighted by atomic mass is 9.90. The number of hydrogen-bond donors (Lipinski definition) is 2. The van der Waals surface area contributed by atoms with Gasteiger partial charge in [0.2, 0.25) is 11.8 Å². The van der Waals surface area contributed by atoms with Gasteiger partial charge >= 0.3 is 0 Å². The van der Waals surface area contributed by atoms with E-state index in [9.17, 15) is 9.59 Å². The maximum atomic E-state index is 12.3. The maximum absolute atomic E-state index is 12.3. The zero-order chi connectivity index (χ0) is 14.3. The molecule has 19 heavy (non-hydrogen) atoms. The molecular formula is C14H27N3O2. The smallest absolute Gasteiger partial charge is 0.239 e. The van der Waals surface area contributed by atoms with E-state index in [1.165, 1.54) is 4.90 Å². The van der Waals surface area contributed by atoms with Crippen LogP contribution in [-0.4, -0.2) is 49.4 Å². The fourth-order valence-corrected chi connectivity index (χ4v) is 2.43. The van der Waals surface area contributed by atoms with Gasteiger partial charge in [-0.05, 0) is 31.7 Å². The van der Waals surface area contributed by atoms with Crippen LogP contribution in [0.15, 0.2) is 0 Å². The molecule has 1 heterocycles. The van der Waals surface area contributed by atoms with Crippen LogP contribution in [0, 0.1) is 5.92 Å². The normalized spacial score (nSPS) is 22.9. The van der Waals surface area contributed by atoms with Crippen molar-refractivity contribution in [2.45, 2.75) is 45.6 Å². The van der Waals surface area contributed by atoms with E-state index in [1.54, 1.807) is 7.05 Å². The number of likely N-dealkylation sites (N-methyl/N-ethyl adjacent to an activating group) is 1. The van der Waals surface area contributed by atoms with Gasteiger partial charge in [-0.25, -0.2) is 0 Å². The van der Waals surface area contributed by atoms with Gasteiger partial charge < -0.3 is 15.5 Å². The van der Waals surface area contributed by atoms with Crippen LogP contribution in [-0.2, 0) is 9.59 Å². The predicted octanol–water partition coefficient (Wildman–Crippen LogP) is 0.749. The van der Waals surface area contributed by atoms with Gasteiger partial charge in [-0.3, -0.25) is 9.59 Å². The number of piperidine rings is 1. The lowest BCUT2D eigenvalue weighted by Crippen LogP contribution is -2.51. The Hall–Kier alpha value is -1.10. The number of nitrogens with one attached hydrogen (secondary N) is 2. The minimum absolute atomic E-state index is 0.0322. The summed E-state index contributed by atoms with van der Waals surface area (Å²) in [5.74, 6) is 0.572. The van der Waals surface area contributed by atoms with Gasteiger partial charge in [0.25, 0.3) is 0 Å². The summed E-state index contributed by atoms with van der Waals surface area (Å²) in [6, 6.07) is -0.123. The minimum atomic E-state index is -0.123. The van der Waals surface area contributed by atoms with E-state index in [-0.39, 0.29) is 24.4 Å². The first kappa shape index (κ1) is 16.0. The van der Waals surface area contributed by atoms with E-state index in [2.05, 4.69) is 17.6 Å². The summed E-state index contributed by atoms with van der Waals surface area (Å²) in [5, 5.41) is 6.05. The fourth-order valence-electron chi connectivity index (χ4n) is 2.43. The van der Waals surface area contributed by atoms with Gasteiger partial charge in [-0.1, -0.05) is 20.3 Å². The molecule has 2 unspecified atom stereocenters. The van der Waals surface area contributed by atoms with Crippen LogP contribution in [0.5, 0.6) is 0 Å². The summed E-state index contributed by atoms with van der Waals surface area (Å²) < 4.78 is 0. The summed E-state index contributed by atoms with van der Waals surface area (Å²) in [6.07, 6.45) is 4.05. The Morgan fingerprint density at radius 2 is 2.11 bits per heavy atom. The molecule has 5 nitrogen and oxygen atoms in total. The van der Waals surface area contributed by atoms with Crippen molar-refractivity contribution in [2.75, 3.05) is 26.7 Å². The first-order valence-electron chi connectivity index (χ1n) is 7.33. The topological polar surface area (TPSA) is 61.4 Å². The van der Waals surface area contributed by atoms with Crippen molar-refractivity contribution in [3.63, 3.8) is 0 Å². The highest BCUT2D eigenvalue weighted by Crippen LogP contribution is 2.20. The lowest BCUT2D eigenvalue weighted by Gasteiger charge is -2.31. The SMILES string of the molecule is CCCNC(=O)CN(C)C(=O)C1CC(CC)CCN1. The number of carbonyl (C=O) groups excluding carboxylic acids is 2. The fraction of sp³-hybridized carbons (Fsp3) is 0.857. The van der Waals surface area contributed by atoms with Crippen molar-refractivity contribution >= 4 is 11.8 Å². The number of hydrogen-bond acceptors (Lipinski definition) is 3. The first-order valence-corrected chi connectivity index (χ1v) is 7.33. The number of rotatable bonds is 6. The molecule has 1 saturated heterocycles. The summed E-state index contributed by atoms with van der Waals surface area (Å²) in [4.78, 5) is 25.4. The molecular weight excluding hydrogens is 242 g/mol. The molecule has 0 aromatic rings. The predicted molar refractivity (Wildman–Crippen MR) is 75.7 cm³/mol. The lowest BCUT2D eigenvalue weighted by molar-refractivity contribution is -0.137. The van der Waals surface area contributed by atoms with E-state index < -0.39 is 0 Å². The largest absolute Gasteiger partial charge is 0.355 e. The Balaban J connectivity index is 2.40. The van der Waals surface area contributed by atoms with Gasteiger partial charge in [0.15, 0.2) is 0 Å². The Morgan fingerprint density at radius 1 is 1.37 bits per heavy atom. The number of amides is 2. The Morgan fingerprint density at radius 3 is 2.74 bits per heavy atom. The summed E-state index contributed by atoms with van der Waals surface area (Å²) in [7, 11) is 1.70. The molecule has 0 spiro atoms. The highest BCUT2D eigenvalue weighted by molar-refractivity contribution is 5.87. The van der Waals surface area contributed by atoms with Gasteiger partial charge in [-0.15, -0.1) is 0 Å². The molecule has 0 aromatic heterocycles. The molecule has 0 saturated carbocycles. The third-order valence-corrected chi connectivity index (χ3v) is 3.72. The second-order valence-electron chi connectivity index (χ2n) is 5.35. The van der Waals surface area contributed by atoms with Crippen LogP contribution in [0.3, 0.4) is 0 Å². The molecule has 2 amide bonds. The van der Waals surface area contributed by atoms with Crippen LogP contribution < -0.4 is 10.6 Å². The zero-order valence-corrected chi connectivity index (χ0v) is 12.4. The van der Waals surface area contributed by atoms with E-state index in [0.29, 0.717) is 12.5 Å². The molecule has 1 aliphatic rings. The minimum Gasteiger partial charge on any atom is -0.355 e. The standard InChI is InChI=1S/C14H27N3O2/c1-4-7-16-13(18)10-17(3)14(19)12-9-11(5-2)6-8-15-12/h11-12,15H,4-10H2,1-3H3,(H,16,18). The van der Waals surface area contributed by atoms with Crippen LogP contribution in [0.4, 0.5) is 0 Å². The second-order valence-corrected chi connectivity index (χ2v) is 5.35. The van der Waals surface area contributed by atoms with E-state index in [4.69, 9.17) is 0 Å². The third kappa shape index (κ3) is 5.19. The molecule has 0 aromatic carbocycles. The maximum Gasteiger partial charge on any atom is 0.239 e. The highest BCUT2D eigenvalue weighted by atomic mass is 16.2. The van der Waals surface area contributed by atoms with Crippen LogP contribution in [0.1, 0.15) is 39.5 Å². The quantitative estimate of drug-likeness (QED) is 0.748. The van der Waals surface area contributed by atoms with E-state index >= 15 is 0 Å². The van der Waals surface area contributed by atoms with Crippen molar-refractivity contribution in [3.8, 4) is 0 Å². The average Bonchev–Trinajstić information content (AvgIpc) is 2.44. The summed E-state index contributed by atoms with van der Waals surface area (Å²) in [6.45, 7) is 5.88. The molecule has 2 atom stereocenters. The van der Waals surface area contributed by atoms with Crippen molar-refractivity contribution in [1.82, 2.24) is 15.5 Å². The molecule has 1 fully saturated rings. The molecule has 0 radical (unpaired) electrons. The van der Waals surface area contributed by atoms with Gasteiger partial charge in [-0.2, -0.15) is 0 Å². The number of carbonyl (C=O) groups is 2. The van der Waals surface area contributed by atoms with Crippen molar-refractivity contribution < 1.29 is 9.59 Å². The molecule has 1 aliphatic heterocycles. The Kier molecular flexibility index (Phi) is 6.84. The van der Waals surface area contributed by atoms with Crippen LogP contribution >= 0.6 is 0 Å². The van der Waals surface area contributed by atoms with E-state index in [1.807, 2.05) is 6.92 Å². The van der Waals surface area contributed by atoms with Crippen LogP contribution in [0.25, 0.3) is 0 Å². The van der Waals surface area contributed by atoms with E-state index in [0.717, 1.165) is 32.2 Å². The number of nitrogens with zero attached hydrogens (tertiary/aromatic N) is 1. The summed E-state index contributed by atoms with van der Waals surface area (Å²) >= 11 is 0. The molecule has 0 bridgehead atoms. The van der Waals surface area contributed by atoms with Crippen molar-refractivity contribution in [3.05, 3.63) is 0 Å². The Labute approximate surface area is 116 Å². The van der Waals surface area contributed by atoms with Crippen molar-refractivity contribution in [1.29, 1.82) is 0 Å². The molecule has 110 valence electrons. The van der Waals surface area contributed by atoms with Crippen molar-refractivity contribution in [2.24, 2.45) is 5.92 Å². The monoisotopic (exact) mass is 269 g/mol. The molecule has 5 heteroatoms. The second kappa shape index (κ2) is 8.15. The van der Waals surface area contributed by atoms with Gasteiger partial charge in [0.05, 0.1) is 12.6 Å². The highest BCUT2D eigenvalue weighted by Gasteiger charge is 2.28. The molecule has 2 N–H and O–H groups in total. The third-order valence-electron chi connectivity index (χ3n) is 3.72. The zero-order valence-electron chi connectivity index (χ0n) is 12.4. The van der Waals surface area contributed by atoms with Crippen LogP contribution in [0.2, 0.25) is 0 Å². The van der Waals surface area contributed by atoms with Gasteiger partial charge in [0.1, 0.15) is 0 Å². The first-order chi connectivity index (χ1) is 9.08. The summed E-state index contributed by atoms with van der Waals surface area (Å²) in [5.41, 5.74) is 0. The van der Waals surface area contributed by atoms with Gasteiger partial charge in [0, 0.05) is 13.6 Å². The molecule has 1 rings (SSSR count). The average molecular weight is 269 g/mol. The Bertz CT molecular complexity index is 307. The molecule has 0 aliphatic carbocycles.